The number of aromatic nitrogens is 2. The van der Waals surface area contributed by atoms with Gasteiger partial charge >= 0.3 is 5.69 Å². The fraction of sp³-hybridized carbons (Fsp3) is 0.273. The number of nitrogens with zero attached hydrogens (tertiary/aromatic N) is 1. The van der Waals surface area contributed by atoms with Crippen molar-refractivity contribution in [2.75, 3.05) is 12.4 Å². The van der Waals surface area contributed by atoms with Crippen molar-refractivity contribution in [1.29, 1.82) is 0 Å². The van der Waals surface area contributed by atoms with Crippen molar-refractivity contribution in [1.82, 2.24) is 14.9 Å². The number of hydrogen-bond donors (Lipinski definition) is 3. The number of ketones is 1. The van der Waals surface area contributed by atoms with Crippen LogP contribution in [-0.4, -0.2) is 34.4 Å². The fourth-order valence-electron chi connectivity index (χ4n) is 5.60. The van der Waals surface area contributed by atoms with Crippen molar-refractivity contribution in [3.05, 3.63) is 104 Å². The second kappa shape index (κ2) is 12.2. The number of ether oxygens (including phenoxy) is 1. The monoisotopic (exact) mass is 584 g/mol. The van der Waals surface area contributed by atoms with Gasteiger partial charge in [0.05, 0.1) is 13.2 Å². The van der Waals surface area contributed by atoms with Crippen molar-refractivity contribution < 1.29 is 18.7 Å². The van der Waals surface area contributed by atoms with E-state index in [2.05, 4.69) is 15.6 Å². The SMILES string of the molecule is COc1cc(-c2cccc(-c3cccc(NC(=O)c4c[nH]c(=O)n(C)c4=O)c3C)c2C)cc(F)c1CN[C@@H]1CCCC1=O. The Morgan fingerprint density at radius 3 is 2.44 bits per heavy atom. The van der Waals surface area contributed by atoms with Gasteiger partial charge in [-0.1, -0.05) is 30.3 Å². The second-order valence-electron chi connectivity index (χ2n) is 10.7. The Hall–Kier alpha value is -4.83. The van der Waals surface area contributed by atoms with E-state index in [0.29, 0.717) is 29.0 Å². The first-order chi connectivity index (χ1) is 20.6. The lowest BCUT2D eigenvalue weighted by molar-refractivity contribution is -0.119. The molecule has 4 aromatic rings. The maximum absolute atomic E-state index is 15.5. The first kappa shape index (κ1) is 29.7. The highest BCUT2D eigenvalue weighted by atomic mass is 19.1. The highest BCUT2D eigenvalue weighted by molar-refractivity contribution is 6.04. The molecular formula is C33H33FN4O5. The number of halogens is 1. The van der Waals surface area contributed by atoms with Gasteiger partial charge in [-0.2, -0.15) is 0 Å². The highest BCUT2D eigenvalue weighted by Crippen LogP contribution is 2.37. The van der Waals surface area contributed by atoms with Crippen molar-refractivity contribution in [3.8, 4) is 28.0 Å². The quantitative estimate of drug-likeness (QED) is 0.278. The lowest BCUT2D eigenvalue weighted by Crippen LogP contribution is -2.37. The molecule has 1 amide bonds. The number of methoxy groups -OCH3 is 1. The van der Waals surface area contributed by atoms with E-state index >= 15 is 4.39 Å². The molecule has 1 aliphatic rings. The maximum Gasteiger partial charge on any atom is 0.328 e. The molecule has 3 N–H and O–H groups in total. The molecule has 1 heterocycles. The molecule has 43 heavy (non-hydrogen) atoms. The second-order valence-corrected chi connectivity index (χ2v) is 10.7. The van der Waals surface area contributed by atoms with E-state index in [1.165, 1.54) is 20.2 Å². The molecular weight excluding hydrogens is 551 g/mol. The molecule has 0 aliphatic heterocycles. The summed E-state index contributed by atoms with van der Waals surface area (Å²) in [7, 11) is 2.79. The van der Waals surface area contributed by atoms with Crippen LogP contribution >= 0.6 is 0 Å². The molecule has 0 unspecified atom stereocenters. The Morgan fingerprint density at radius 1 is 1.05 bits per heavy atom. The highest BCUT2D eigenvalue weighted by Gasteiger charge is 2.25. The van der Waals surface area contributed by atoms with Crippen molar-refractivity contribution in [2.45, 2.75) is 45.7 Å². The Kier molecular flexibility index (Phi) is 8.40. The van der Waals surface area contributed by atoms with Crippen LogP contribution in [0.5, 0.6) is 5.75 Å². The summed E-state index contributed by atoms with van der Waals surface area (Å²) in [5.74, 6) is -0.515. The molecule has 0 saturated heterocycles. The van der Waals surface area contributed by atoms with Crippen LogP contribution in [0.2, 0.25) is 0 Å². The summed E-state index contributed by atoms with van der Waals surface area (Å²) >= 11 is 0. The zero-order valence-electron chi connectivity index (χ0n) is 24.5. The lowest BCUT2D eigenvalue weighted by atomic mass is 9.90. The van der Waals surface area contributed by atoms with Crippen LogP contribution in [0, 0.1) is 19.7 Å². The smallest absolute Gasteiger partial charge is 0.328 e. The Morgan fingerprint density at radius 2 is 1.74 bits per heavy atom. The molecule has 1 saturated carbocycles. The summed E-state index contributed by atoms with van der Waals surface area (Å²) < 4.78 is 21.9. The van der Waals surface area contributed by atoms with Crippen LogP contribution in [-0.2, 0) is 18.4 Å². The van der Waals surface area contributed by atoms with Gasteiger partial charge in [0.2, 0.25) is 0 Å². The summed E-state index contributed by atoms with van der Waals surface area (Å²) in [6.45, 7) is 4.00. The zero-order valence-corrected chi connectivity index (χ0v) is 24.5. The maximum atomic E-state index is 15.5. The number of amides is 1. The first-order valence-electron chi connectivity index (χ1n) is 14.0. The number of carbonyl (C=O) groups excluding carboxylic acids is 2. The molecule has 0 bridgehead atoms. The number of anilines is 1. The summed E-state index contributed by atoms with van der Waals surface area (Å²) in [5.41, 5.74) is 4.23. The normalized spacial score (nSPS) is 14.6. The van der Waals surface area contributed by atoms with Crippen LogP contribution < -0.4 is 26.6 Å². The van der Waals surface area contributed by atoms with Crippen LogP contribution in [0.1, 0.15) is 46.3 Å². The molecule has 1 atom stereocenters. The van der Waals surface area contributed by atoms with Gasteiger partial charge in [-0.25, -0.2) is 9.18 Å². The minimum absolute atomic E-state index is 0.156. The summed E-state index contributed by atoms with van der Waals surface area (Å²) in [6, 6.07) is 14.2. The molecule has 10 heteroatoms. The van der Waals surface area contributed by atoms with Gasteiger partial charge < -0.3 is 20.4 Å². The van der Waals surface area contributed by atoms with E-state index in [-0.39, 0.29) is 23.9 Å². The van der Waals surface area contributed by atoms with Gasteiger partial charge in [0.1, 0.15) is 22.9 Å². The summed E-state index contributed by atoms with van der Waals surface area (Å²) in [6.07, 6.45) is 3.25. The number of aromatic amines is 1. The fourth-order valence-corrected chi connectivity index (χ4v) is 5.60. The third-order valence-electron chi connectivity index (χ3n) is 8.15. The van der Waals surface area contributed by atoms with E-state index in [9.17, 15) is 19.2 Å². The zero-order chi connectivity index (χ0) is 30.8. The van der Waals surface area contributed by atoms with Crippen LogP contribution in [0.15, 0.2) is 64.3 Å². The summed E-state index contributed by atoms with van der Waals surface area (Å²) in [4.78, 5) is 51.5. The van der Waals surface area contributed by atoms with E-state index in [4.69, 9.17) is 4.74 Å². The van der Waals surface area contributed by atoms with Crippen LogP contribution in [0.3, 0.4) is 0 Å². The Labute approximate surface area is 247 Å². The van der Waals surface area contributed by atoms with Crippen molar-refractivity contribution in [2.24, 2.45) is 7.05 Å². The van der Waals surface area contributed by atoms with Gasteiger partial charge in [-0.15, -0.1) is 0 Å². The third-order valence-corrected chi connectivity index (χ3v) is 8.15. The van der Waals surface area contributed by atoms with E-state index in [1.54, 1.807) is 18.2 Å². The topological polar surface area (TPSA) is 122 Å². The average molecular weight is 585 g/mol. The molecule has 1 fully saturated rings. The van der Waals surface area contributed by atoms with Gasteiger partial charge in [0.15, 0.2) is 0 Å². The number of hydrogen-bond acceptors (Lipinski definition) is 6. The predicted molar refractivity (Wildman–Crippen MR) is 163 cm³/mol. The average Bonchev–Trinajstić information content (AvgIpc) is 3.40. The number of carbonyl (C=O) groups is 2. The van der Waals surface area contributed by atoms with Crippen LogP contribution in [0.4, 0.5) is 10.1 Å². The molecule has 3 aromatic carbocycles. The molecule has 222 valence electrons. The standard InChI is InChI=1S/C33H33FN4O5/c1-18-21(20-14-26(34)24(30(15-20)43-4)16-35-28-12-7-13-29(28)39)8-5-9-22(18)23-10-6-11-27(19(23)2)37-31(40)25-17-36-33(42)38(3)32(25)41/h5-6,8-11,14-15,17,28,35H,7,12-13,16H2,1-4H3,(H,36,42)(H,37,40)/t28-/m1/s1. The molecule has 5 rings (SSSR count). The summed E-state index contributed by atoms with van der Waals surface area (Å²) in [5, 5.41) is 5.96. The Balaban J connectivity index is 1.46. The number of Topliss-reactive ketones (excluding diaryl/α,β-unsaturated/α-hetero) is 1. The predicted octanol–water partition coefficient (Wildman–Crippen LogP) is 4.64. The number of rotatable bonds is 8. The molecule has 0 spiro atoms. The van der Waals surface area contributed by atoms with Gasteiger partial charge in [0, 0.05) is 37.5 Å². The largest absolute Gasteiger partial charge is 0.496 e. The molecule has 0 radical (unpaired) electrons. The Bertz CT molecular complexity index is 1860. The first-order valence-corrected chi connectivity index (χ1v) is 14.0. The van der Waals surface area contributed by atoms with E-state index in [1.807, 2.05) is 38.1 Å². The molecule has 1 aromatic heterocycles. The van der Waals surface area contributed by atoms with Crippen LogP contribution in [0.25, 0.3) is 22.3 Å². The van der Waals surface area contributed by atoms with Crippen molar-refractivity contribution >= 4 is 17.4 Å². The van der Waals surface area contributed by atoms with Gasteiger partial charge in [-0.05, 0) is 78.3 Å². The van der Waals surface area contributed by atoms with Crippen molar-refractivity contribution in [3.63, 3.8) is 0 Å². The lowest BCUT2D eigenvalue weighted by Gasteiger charge is -2.18. The minimum Gasteiger partial charge on any atom is -0.496 e. The molecule has 1 aliphatic carbocycles. The van der Waals surface area contributed by atoms with E-state index < -0.39 is 23.0 Å². The van der Waals surface area contributed by atoms with E-state index in [0.717, 1.165) is 51.4 Å². The minimum atomic E-state index is -0.699. The van der Waals surface area contributed by atoms with Gasteiger partial charge in [-0.3, -0.25) is 19.0 Å². The third kappa shape index (κ3) is 5.78. The molecule has 9 nitrogen and oxygen atoms in total. The number of nitrogens with one attached hydrogen (secondary N) is 3. The van der Waals surface area contributed by atoms with Gasteiger partial charge in [0.25, 0.3) is 11.5 Å². The number of benzene rings is 3. The number of H-pyrrole nitrogens is 1.